The van der Waals surface area contributed by atoms with Gasteiger partial charge in [0.25, 0.3) is 5.91 Å². The third-order valence-corrected chi connectivity index (χ3v) is 3.52. The van der Waals surface area contributed by atoms with Gasteiger partial charge in [0, 0.05) is 11.3 Å². The highest BCUT2D eigenvalue weighted by Crippen LogP contribution is 2.26. The lowest BCUT2D eigenvalue weighted by Crippen LogP contribution is -2.14. The Bertz CT molecular complexity index is 657. The normalized spacial score (nSPS) is 11.2. The number of rotatable bonds is 2. The van der Waals surface area contributed by atoms with Crippen molar-refractivity contribution < 1.29 is 9.90 Å². The molecule has 0 fully saturated rings. The van der Waals surface area contributed by atoms with Crippen LogP contribution < -0.4 is 5.32 Å². The Hall–Kier alpha value is -2.00. The summed E-state index contributed by atoms with van der Waals surface area (Å²) in [5.74, 6) is -0.221. The van der Waals surface area contributed by atoms with Crippen molar-refractivity contribution in [2.75, 3.05) is 5.32 Å². The molecular formula is C17H18ClNO2. The van der Waals surface area contributed by atoms with Gasteiger partial charge in [-0.25, -0.2) is 0 Å². The highest BCUT2D eigenvalue weighted by atomic mass is 35.5. The first-order chi connectivity index (χ1) is 9.77. The molecule has 2 aromatic carbocycles. The van der Waals surface area contributed by atoms with E-state index >= 15 is 0 Å². The number of phenolic OH excluding ortho intramolecular Hbond substituents is 1. The van der Waals surface area contributed by atoms with Gasteiger partial charge in [-0.05, 0) is 41.3 Å². The van der Waals surface area contributed by atoms with Crippen LogP contribution in [0.2, 0.25) is 5.02 Å². The Labute approximate surface area is 129 Å². The molecule has 2 N–H and O–H groups in total. The van der Waals surface area contributed by atoms with E-state index in [9.17, 15) is 9.90 Å². The first-order valence-corrected chi connectivity index (χ1v) is 7.05. The summed E-state index contributed by atoms with van der Waals surface area (Å²) in [4.78, 5) is 12.2. The number of hydrogen-bond donors (Lipinski definition) is 2. The van der Waals surface area contributed by atoms with Crippen molar-refractivity contribution in [3.8, 4) is 5.75 Å². The Morgan fingerprint density at radius 1 is 1.10 bits per heavy atom. The molecule has 110 valence electrons. The van der Waals surface area contributed by atoms with Crippen LogP contribution in [0.25, 0.3) is 0 Å². The van der Waals surface area contributed by atoms with E-state index in [1.54, 1.807) is 18.2 Å². The number of hydrogen-bond acceptors (Lipinski definition) is 2. The number of anilines is 1. The highest BCUT2D eigenvalue weighted by molar-refractivity contribution is 6.32. The number of benzene rings is 2. The number of phenols is 1. The van der Waals surface area contributed by atoms with Crippen LogP contribution in [0.1, 0.15) is 36.7 Å². The summed E-state index contributed by atoms with van der Waals surface area (Å²) in [5, 5.41) is 12.3. The lowest BCUT2D eigenvalue weighted by Gasteiger charge is -2.19. The molecule has 0 bridgehead atoms. The molecule has 0 aliphatic rings. The topological polar surface area (TPSA) is 49.3 Å². The fourth-order valence-corrected chi connectivity index (χ4v) is 2.09. The fraction of sp³-hybridized carbons (Fsp3) is 0.235. The lowest BCUT2D eigenvalue weighted by molar-refractivity contribution is 0.102. The van der Waals surface area contributed by atoms with E-state index in [-0.39, 0.29) is 22.1 Å². The summed E-state index contributed by atoms with van der Waals surface area (Å²) in [5.41, 5.74) is 2.35. The van der Waals surface area contributed by atoms with Crippen LogP contribution in [-0.2, 0) is 5.41 Å². The number of carbonyl (C=O) groups is 1. The second-order valence-corrected chi connectivity index (χ2v) is 6.35. The second kappa shape index (κ2) is 5.78. The van der Waals surface area contributed by atoms with Crippen molar-refractivity contribution in [2.45, 2.75) is 26.2 Å². The van der Waals surface area contributed by atoms with Gasteiger partial charge in [-0.1, -0.05) is 44.5 Å². The summed E-state index contributed by atoms with van der Waals surface area (Å²) >= 11 is 5.81. The number of amides is 1. The van der Waals surface area contributed by atoms with Crippen LogP contribution in [0.5, 0.6) is 5.75 Å². The monoisotopic (exact) mass is 303 g/mol. The van der Waals surface area contributed by atoms with Crippen LogP contribution in [0, 0.1) is 0 Å². The minimum Gasteiger partial charge on any atom is -0.506 e. The minimum atomic E-state index is -0.211. The molecule has 4 heteroatoms. The van der Waals surface area contributed by atoms with Gasteiger partial charge in [0.05, 0.1) is 5.02 Å². The van der Waals surface area contributed by atoms with Crippen molar-refractivity contribution in [3.05, 3.63) is 58.6 Å². The van der Waals surface area contributed by atoms with Crippen molar-refractivity contribution in [1.29, 1.82) is 0 Å². The molecule has 1 amide bonds. The minimum absolute atomic E-state index is 0.0100. The van der Waals surface area contributed by atoms with Crippen molar-refractivity contribution in [1.82, 2.24) is 0 Å². The van der Waals surface area contributed by atoms with Gasteiger partial charge in [0.1, 0.15) is 5.75 Å². The Morgan fingerprint density at radius 2 is 1.71 bits per heavy atom. The zero-order chi connectivity index (χ0) is 15.6. The molecule has 0 spiro atoms. The zero-order valence-corrected chi connectivity index (χ0v) is 13.0. The summed E-state index contributed by atoms with van der Waals surface area (Å²) in [7, 11) is 0. The maximum absolute atomic E-state index is 12.2. The fourth-order valence-electron chi connectivity index (χ4n) is 1.91. The highest BCUT2D eigenvalue weighted by Gasteiger charge is 2.14. The molecule has 0 heterocycles. The van der Waals surface area contributed by atoms with Gasteiger partial charge in [0.15, 0.2) is 0 Å². The Morgan fingerprint density at radius 3 is 2.24 bits per heavy atom. The lowest BCUT2D eigenvalue weighted by atomic mass is 9.87. The van der Waals surface area contributed by atoms with E-state index in [1.807, 2.05) is 12.1 Å². The number of halogens is 1. The molecule has 0 aromatic heterocycles. The molecule has 0 aliphatic carbocycles. The number of carbonyl (C=O) groups excluding carboxylic acids is 1. The van der Waals surface area contributed by atoms with Crippen molar-refractivity contribution in [2.24, 2.45) is 0 Å². The summed E-state index contributed by atoms with van der Waals surface area (Å²) < 4.78 is 0. The molecule has 3 nitrogen and oxygen atoms in total. The predicted octanol–water partition coefficient (Wildman–Crippen LogP) is 4.60. The maximum atomic E-state index is 12.2. The third kappa shape index (κ3) is 3.76. The molecule has 0 saturated carbocycles. The zero-order valence-electron chi connectivity index (χ0n) is 12.3. The number of aromatic hydroxyl groups is 1. The van der Waals surface area contributed by atoms with Gasteiger partial charge in [0.2, 0.25) is 0 Å². The Kier molecular flexibility index (Phi) is 4.24. The summed E-state index contributed by atoms with van der Waals surface area (Å²) in [6.07, 6.45) is 0. The van der Waals surface area contributed by atoms with Crippen LogP contribution in [0.3, 0.4) is 0 Å². The van der Waals surface area contributed by atoms with Gasteiger partial charge in [-0.3, -0.25) is 4.79 Å². The summed E-state index contributed by atoms with van der Waals surface area (Å²) in [6.45, 7) is 6.38. The molecule has 2 aromatic rings. The van der Waals surface area contributed by atoms with Crippen LogP contribution in [-0.4, -0.2) is 11.0 Å². The van der Waals surface area contributed by atoms with E-state index in [1.165, 1.54) is 17.7 Å². The molecule has 0 radical (unpaired) electrons. The van der Waals surface area contributed by atoms with E-state index in [2.05, 4.69) is 26.1 Å². The van der Waals surface area contributed by atoms with E-state index < -0.39 is 0 Å². The van der Waals surface area contributed by atoms with Gasteiger partial charge in [-0.2, -0.15) is 0 Å². The van der Waals surface area contributed by atoms with Gasteiger partial charge < -0.3 is 10.4 Å². The molecule has 2 rings (SSSR count). The van der Waals surface area contributed by atoms with Crippen LogP contribution in [0.4, 0.5) is 5.69 Å². The van der Waals surface area contributed by atoms with Gasteiger partial charge in [-0.15, -0.1) is 0 Å². The van der Waals surface area contributed by atoms with Crippen LogP contribution in [0.15, 0.2) is 42.5 Å². The first kappa shape index (κ1) is 15.4. The van der Waals surface area contributed by atoms with E-state index in [0.717, 1.165) is 0 Å². The quantitative estimate of drug-likeness (QED) is 0.797. The SMILES string of the molecule is CC(C)(C)c1ccc(C(=O)Nc2ccc(O)c(Cl)c2)cc1. The number of nitrogens with one attached hydrogen (secondary N) is 1. The second-order valence-electron chi connectivity index (χ2n) is 5.95. The molecular weight excluding hydrogens is 286 g/mol. The maximum Gasteiger partial charge on any atom is 0.255 e. The Balaban J connectivity index is 2.15. The third-order valence-electron chi connectivity index (χ3n) is 3.22. The molecule has 0 atom stereocenters. The average Bonchev–Trinajstić information content (AvgIpc) is 2.42. The molecule has 0 unspecified atom stereocenters. The first-order valence-electron chi connectivity index (χ1n) is 6.68. The smallest absolute Gasteiger partial charge is 0.255 e. The van der Waals surface area contributed by atoms with E-state index in [4.69, 9.17) is 11.6 Å². The molecule has 21 heavy (non-hydrogen) atoms. The standard InChI is InChI=1S/C17H18ClNO2/c1-17(2,3)12-6-4-11(5-7-12)16(21)19-13-8-9-15(20)14(18)10-13/h4-10,20H,1-3H3,(H,19,21). The molecule has 0 saturated heterocycles. The van der Waals surface area contributed by atoms with E-state index in [0.29, 0.717) is 11.3 Å². The van der Waals surface area contributed by atoms with Crippen molar-refractivity contribution in [3.63, 3.8) is 0 Å². The van der Waals surface area contributed by atoms with Crippen molar-refractivity contribution >= 4 is 23.2 Å². The van der Waals surface area contributed by atoms with Crippen LogP contribution >= 0.6 is 11.6 Å². The molecule has 0 aliphatic heterocycles. The van der Waals surface area contributed by atoms with Gasteiger partial charge >= 0.3 is 0 Å². The summed E-state index contributed by atoms with van der Waals surface area (Å²) in [6, 6.07) is 12.1. The largest absolute Gasteiger partial charge is 0.506 e. The predicted molar refractivity (Wildman–Crippen MR) is 86.2 cm³/mol. The average molecular weight is 304 g/mol.